The second-order valence-electron chi connectivity index (χ2n) is 6.12. The molecule has 0 unspecified atom stereocenters. The minimum Gasteiger partial charge on any atom is -0.410 e. The van der Waals surface area contributed by atoms with Gasteiger partial charge in [-0.05, 0) is 11.6 Å². The van der Waals surface area contributed by atoms with Gasteiger partial charge in [0, 0.05) is 16.6 Å². The number of rotatable bonds is 6. The van der Waals surface area contributed by atoms with Crippen molar-refractivity contribution in [3.05, 3.63) is 65.2 Å². The number of hydrogen-bond acceptors (Lipinski definition) is 7. The summed E-state index contributed by atoms with van der Waals surface area (Å²) >= 11 is 8.93. The third-order valence-corrected chi connectivity index (χ3v) is 6.49. The van der Waals surface area contributed by atoms with Crippen LogP contribution >= 0.6 is 34.7 Å². The van der Waals surface area contributed by atoms with Gasteiger partial charge in [0.15, 0.2) is 0 Å². The van der Waals surface area contributed by atoms with E-state index in [2.05, 4.69) is 20.8 Å². The number of benzene rings is 2. The number of nitrogens with one attached hydrogen (secondary N) is 2. The molecule has 2 N–H and O–H groups in total. The lowest BCUT2D eigenvalue weighted by Gasteiger charge is -2.06. The molecule has 2 aromatic carbocycles. The van der Waals surface area contributed by atoms with Gasteiger partial charge in [-0.3, -0.25) is 10.1 Å². The second-order valence-corrected chi connectivity index (χ2v) is 8.48. The molecule has 0 bridgehead atoms. The molecule has 0 atom stereocenters. The number of urea groups is 1. The summed E-state index contributed by atoms with van der Waals surface area (Å²) in [7, 11) is 0. The maximum absolute atomic E-state index is 12.0. The van der Waals surface area contributed by atoms with E-state index < -0.39 is 11.9 Å². The second kappa shape index (κ2) is 9.29. The van der Waals surface area contributed by atoms with Crippen molar-refractivity contribution < 1.29 is 14.0 Å². The smallest absolute Gasteiger partial charge is 0.321 e. The van der Waals surface area contributed by atoms with Gasteiger partial charge in [0.05, 0.1) is 10.8 Å². The third-order valence-electron chi connectivity index (χ3n) is 4.01. The van der Waals surface area contributed by atoms with Crippen LogP contribution in [0.15, 0.2) is 64.2 Å². The minimum atomic E-state index is -0.562. The number of carbonyl (C=O) groups is 2. The Morgan fingerprint density at radius 2 is 1.83 bits per heavy atom. The summed E-state index contributed by atoms with van der Waals surface area (Å²) in [6.07, 6.45) is 0. The Morgan fingerprint density at radius 1 is 1.07 bits per heavy atom. The fourth-order valence-corrected chi connectivity index (χ4v) is 4.62. The molecule has 0 aliphatic rings. The van der Waals surface area contributed by atoms with Gasteiger partial charge in [0.25, 0.3) is 11.1 Å². The van der Waals surface area contributed by atoms with E-state index in [0.717, 1.165) is 27.4 Å². The van der Waals surface area contributed by atoms with E-state index in [0.29, 0.717) is 22.3 Å². The highest BCUT2D eigenvalue weighted by molar-refractivity contribution is 7.99. The summed E-state index contributed by atoms with van der Waals surface area (Å²) < 4.78 is 6.65. The van der Waals surface area contributed by atoms with Crippen molar-refractivity contribution in [2.45, 2.75) is 11.8 Å². The first-order valence-electron chi connectivity index (χ1n) is 8.85. The van der Waals surface area contributed by atoms with Crippen LogP contribution in [0.3, 0.4) is 0 Å². The van der Waals surface area contributed by atoms with Crippen molar-refractivity contribution >= 4 is 56.7 Å². The molecule has 0 radical (unpaired) electrons. The number of aromatic nitrogens is 2. The topological polar surface area (TPSA) is 97.1 Å². The van der Waals surface area contributed by atoms with Crippen molar-refractivity contribution in [2.75, 3.05) is 5.75 Å². The molecule has 4 rings (SSSR count). The number of hydrogen-bond donors (Lipinski definition) is 2. The summed E-state index contributed by atoms with van der Waals surface area (Å²) in [5.41, 5.74) is 0.938. The Hall–Kier alpha value is -2.88. The van der Waals surface area contributed by atoms with Gasteiger partial charge < -0.3 is 9.73 Å². The number of amides is 3. The van der Waals surface area contributed by atoms with Gasteiger partial charge in [-0.1, -0.05) is 71.9 Å². The zero-order valence-corrected chi connectivity index (χ0v) is 17.8. The fraction of sp³-hybridized carbons (Fsp3) is 0.100. The molecule has 7 nitrogen and oxygen atoms in total. The quantitative estimate of drug-likeness (QED) is 0.406. The fourth-order valence-electron chi connectivity index (χ4n) is 2.62. The van der Waals surface area contributed by atoms with Crippen molar-refractivity contribution in [3.63, 3.8) is 0 Å². The SMILES string of the molecule is O=C(CSc1nnc(-c2sc3ccccc3c2Cl)o1)NC(=O)NCc1ccccc1. The van der Waals surface area contributed by atoms with Crippen LogP contribution in [0.1, 0.15) is 5.56 Å². The number of fused-ring (bicyclic) bond motifs is 1. The summed E-state index contributed by atoms with van der Waals surface area (Å²) in [6.45, 7) is 0.329. The summed E-state index contributed by atoms with van der Waals surface area (Å²) in [6, 6.07) is 16.6. The molecule has 2 heterocycles. The van der Waals surface area contributed by atoms with Crippen LogP contribution in [-0.4, -0.2) is 27.9 Å². The zero-order valence-electron chi connectivity index (χ0n) is 15.4. The van der Waals surface area contributed by atoms with Crippen molar-refractivity contribution in [1.29, 1.82) is 0 Å². The van der Waals surface area contributed by atoms with E-state index in [9.17, 15) is 9.59 Å². The normalized spacial score (nSPS) is 10.8. The number of imide groups is 1. The molecule has 3 amide bonds. The van der Waals surface area contributed by atoms with Crippen LogP contribution in [0.4, 0.5) is 4.79 Å². The molecule has 2 aromatic heterocycles. The summed E-state index contributed by atoms with van der Waals surface area (Å²) in [5, 5.41) is 14.6. The highest BCUT2D eigenvalue weighted by atomic mass is 35.5. The van der Waals surface area contributed by atoms with Crippen molar-refractivity contribution in [1.82, 2.24) is 20.8 Å². The molecule has 0 aliphatic carbocycles. The first-order chi connectivity index (χ1) is 14.6. The Labute approximate surface area is 184 Å². The van der Waals surface area contributed by atoms with Gasteiger partial charge in [0.1, 0.15) is 4.88 Å². The Balaban J connectivity index is 1.30. The molecule has 4 aromatic rings. The van der Waals surface area contributed by atoms with E-state index in [1.54, 1.807) is 0 Å². The molecule has 152 valence electrons. The number of thiophene rings is 1. The van der Waals surface area contributed by atoms with E-state index in [4.69, 9.17) is 16.0 Å². The molecule has 0 spiro atoms. The molecule has 0 aliphatic heterocycles. The highest BCUT2D eigenvalue weighted by Gasteiger charge is 2.18. The molecular formula is C20H15ClN4O3S2. The minimum absolute atomic E-state index is 0.0411. The summed E-state index contributed by atoms with van der Waals surface area (Å²) in [4.78, 5) is 24.5. The van der Waals surface area contributed by atoms with Crippen LogP contribution in [0.25, 0.3) is 20.9 Å². The van der Waals surface area contributed by atoms with Crippen molar-refractivity contribution in [3.8, 4) is 10.8 Å². The van der Waals surface area contributed by atoms with E-state index >= 15 is 0 Å². The Kier molecular flexibility index (Phi) is 6.32. The maximum Gasteiger partial charge on any atom is 0.321 e. The van der Waals surface area contributed by atoms with Gasteiger partial charge in [-0.25, -0.2) is 4.79 Å². The van der Waals surface area contributed by atoms with Gasteiger partial charge in [0.2, 0.25) is 5.91 Å². The van der Waals surface area contributed by atoms with Gasteiger partial charge >= 0.3 is 6.03 Å². The first-order valence-corrected chi connectivity index (χ1v) is 11.0. The Morgan fingerprint density at radius 3 is 2.63 bits per heavy atom. The monoisotopic (exact) mass is 458 g/mol. The van der Waals surface area contributed by atoms with E-state index in [-0.39, 0.29) is 11.0 Å². The molecule has 10 heteroatoms. The number of halogens is 1. The zero-order chi connectivity index (χ0) is 20.9. The van der Waals surface area contributed by atoms with E-state index in [1.807, 2.05) is 54.6 Å². The third kappa shape index (κ3) is 4.81. The lowest BCUT2D eigenvalue weighted by atomic mass is 10.2. The molecular weight excluding hydrogens is 444 g/mol. The lowest BCUT2D eigenvalue weighted by Crippen LogP contribution is -2.39. The molecule has 0 saturated heterocycles. The number of nitrogens with zero attached hydrogens (tertiary/aromatic N) is 2. The predicted molar refractivity (Wildman–Crippen MR) is 118 cm³/mol. The average molecular weight is 459 g/mol. The predicted octanol–water partition coefficient (Wildman–Crippen LogP) is 4.72. The van der Waals surface area contributed by atoms with Gasteiger partial charge in [-0.2, -0.15) is 0 Å². The van der Waals surface area contributed by atoms with Crippen LogP contribution in [0.2, 0.25) is 5.02 Å². The van der Waals surface area contributed by atoms with Crippen LogP contribution in [-0.2, 0) is 11.3 Å². The molecule has 30 heavy (non-hydrogen) atoms. The Bertz CT molecular complexity index is 1190. The highest BCUT2D eigenvalue weighted by Crippen LogP contribution is 2.41. The largest absolute Gasteiger partial charge is 0.410 e. The van der Waals surface area contributed by atoms with Crippen molar-refractivity contribution in [2.24, 2.45) is 0 Å². The first kappa shape index (κ1) is 20.4. The van der Waals surface area contributed by atoms with Crippen LogP contribution in [0.5, 0.6) is 0 Å². The molecule has 0 fully saturated rings. The number of carbonyl (C=O) groups excluding carboxylic acids is 2. The van der Waals surface area contributed by atoms with E-state index in [1.165, 1.54) is 11.3 Å². The van der Waals surface area contributed by atoms with Gasteiger partial charge in [-0.15, -0.1) is 21.5 Å². The standard InChI is InChI=1S/C20H15ClN4O3S2/c21-16-13-8-4-5-9-14(13)30-17(16)18-24-25-20(28-18)29-11-15(26)23-19(27)22-10-12-6-2-1-3-7-12/h1-9H,10-11H2,(H2,22,23,26,27). The lowest BCUT2D eigenvalue weighted by molar-refractivity contribution is -0.117. The molecule has 0 saturated carbocycles. The number of thioether (sulfide) groups is 1. The summed E-state index contributed by atoms with van der Waals surface area (Å²) in [5.74, 6) is -0.213. The maximum atomic E-state index is 12.0. The average Bonchev–Trinajstić information content (AvgIpc) is 3.36. The van der Waals surface area contributed by atoms with Crippen LogP contribution < -0.4 is 10.6 Å². The van der Waals surface area contributed by atoms with Crippen LogP contribution in [0, 0.1) is 0 Å².